The Kier molecular flexibility index (Phi) is 7.99. The number of benzene rings is 1. The molecule has 8 nitrogen and oxygen atoms in total. The minimum atomic E-state index is -0.653. The topological polar surface area (TPSA) is 125 Å². The molecule has 1 aliphatic carbocycles. The maximum atomic E-state index is 12.3. The number of hydrogen-bond acceptors (Lipinski definition) is 7. The van der Waals surface area contributed by atoms with Crippen molar-refractivity contribution >= 4 is 39.9 Å². The third-order valence-electron chi connectivity index (χ3n) is 4.99. The van der Waals surface area contributed by atoms with Gasteiger partial charge in [0.2, 0.25) is 0 Å². The van der Waals surface area contributed by atoms with E-state index in [0.717, 1.165) is 36.1 Å². The summed E-state index contributed by atoms with van der Waals surface area (Å²) >= 11 is 1.33. The third-order valence-corrected chi connectivity index (χ3v) is 6.20. The Morgan fingerprint density at radius 1 is 1.09 bits per heavy atom. The smallest absolute Gasteiger partial charge is 0.306 e. The number of ketones is 1. The number of primary amides is 1. The first kappa shape index (κ1) is 23.5. The largest absolute Gasteiger partial charge is 0.494 e. The van der Waals surface area contributed by atoms with Crippen molar-refractivity contribution in [1.82, 2.24) is 0 Å². The molecule has 170 valence electrons. The number of nitrogens with two attached hydrogens (primary N) is 1. The van der Waals surface area contributed by atoms with E-state index in [4.69, 9.17) is 15.2 Å². The Balaban J connectivity index is 1.43. The van der Waals surface area contributed by atoms with Gasteiger partial charge in [-0.25, -0.2) is 0 Å². The number of thiophene rings is 1. The lowest BCUT2D eigenvalue weighted by Crippen LogP contribution is -2.23. The second-order valence-corrected chi connectivity index (χ2v) is 8.54. The molecule has 1 heterocycles. The lowest BCUT2D eigenvalue weighted by molar-refractivity contribution is -0.147. The van der Waals surface area contributed by atoms with Gasteiger partial charge in [-0.05, 0) is 55.5 Å². The lowest BCUT2D eigenvalue weighted by Gasteiger charge is -2.07. The zero-order chi connectivity index (χ0) is 23.1. The number of esters is 1. The highest BCUT2D eigenvalue weighted by atomic mass is 32.1. The molecule has 0 fully saturated rings. The number of carbonyl (C=O) groups is 4. The molecule has 32 heavy (non-hydrogen) atoms. The molecule has 0 unspecified atom stereocenters. The highest BCUT2D eigenvalue weighted by molar-refractivity contribution is 7.17. The number of amides is 2. The van der Waals surface area contributed by atoms with Gasteiger partial charge in [-0.3, -0.25) is 19.2 Å². The van der Waals surface area contributed by atoms with Crippen molar-refractivity contribution in [2.75, 3.05) is 18.5 Å². The standard InChI is InChI=1S/C23H26N2O6S/c1-2-12-30-15-8-6-14(7-9-15)17(26)10-11-20(28)31-13-19(27)25-23-21(22(24)29)16-4-3-5-18(16)32-23/h6-9H,2-5,10-13H2,1H3,(H2,24,29)(H,25,27). The number of fused-ring (bicyclic) bond motifs is 1. The fraction of sp³-hybridized carbons (Fsp3) is 0.391. The number of anilines is 1. The predicted octanol–water partition coefficient (Wildman–Crippen LogP) is 3.27. The Morgan fingerprint density at radius 2 is 1.84 bits per heavy atom. The van der Waals surface area contributed by atoms with E-state index in [-0.39, 0.29) is 18.6 Å². The summed E-state index contributed by atoms with van der Waals surface area (Å²) in [5.41, 5.74) is 7.19. The van der Waals surface area contributed by atoms with E-state index in [0.29, 0.717) is 28.5 Å². The summed E-state index contributed by atoms with van der Waals surface area (Å²) in [6.07, 6.45) is 3.30. The molecule has 0 bridgehead atoms. The molecule has 0 spiro atoms. The van der Waals surface area contributed by atoms with Crippen LogP contribution in [0.15, 0.2) is 24.3 Å². The van der Waals surface area contributed by atoms with E-state index < -0.39 is 24.4 Å². The Morgan fingerprint density at radius 3 is 2.53 bits per heavy atom. The van der Waals surface area contributed by atoms with Crippen LogP contribution in [0, 0.1) is 0 Å². The van der Waals surface area contributed by atoms with Crippen molar-refractivity contribution in [3.63, 3.8) is 0 Å². The average molecular weight is 459 g/mol. The van der Waals surface area contributed by atoms with E-state index in [1.165, 1.54) is 11.3 Å². The van der Waals surface area contributed by atoms with Gasteiger partial charge >= 0.3 is 5.97 Å². The third kappa shape index (κ3) is 5.94. The molecule has 1 aliphatic rings. The van der Waals surface area contributed by atoms with E-state index in [1.54, 1.807) is 24.3 Å². The van der Waals surface area contributed by atoms with Gasteiger partial charge < -0.3 is 20.5 Å². The summed E-state index contributed by atoms with van der Waals surface area (Å²) in [6.45, 7) is 2.11. The summed E-state index contributed by atoms with van der Waals surface area (Å²) in [4.78, 5) is 49.2. The molecule has 3 N–H and O–H groups in total. The van der Waals surface area contributed by atoms with Gasteiger partial charge in [-0.15, -0.1) is 11.3 Å². The highest BCUT2D eigenvalue weighted by Crippen LogP contribution is 2.38. The Labute approximate surface area is 190 Å². The summed E-state index contributed by atoms with van der Waals surface area (Å²) in [5, 5.41) is 3.00. The monoisotopic (exact) mass is 458 g/mol. The second kappa shape index (κ2) is 10.9. The first-order chi connectivity index (χ1) is 15.4. The van der Waals surface area contributed by atoms with Crippen LogP contribution >= 0.6 is 11.3 Å². The van der Waals surface area contributed by atoms with Crippen molar-refractivity contribution in [3.8, 4) is 5.75 Å². The summed E-state index contributed by atoms with van der Waals surface area (Å²) in [6, 6.07) is 6.74. The van der Waals surface area contributed by atoms with E-state index in [9.17, 15) is 19.2 Å². The van der Waals surface area contributed by atoms with Gasteiger partial charge in [0.1, 0.15) is 10.8 Å². The van der Waals surface area contributed by atoms with Gasteiger partial charge in [-0.2, -0.15) is 0 Å². The van der Waals surface area contributed by atoms with E-state index in [2.05, 4.69) is 5.32 Å². The number of rotatable bonds is 11. The number of nitrogens with one attached hydrogen (secondary N) is 1. The van der Waals surface area contributed by atoms with Crippen LogP contribution in [0.4, 0.5) is 5.00 Å². The first-order valence-corrected chi connectivity index (χ1v) is 11.4. The molecule has 1 aromatic carbocycles. The molecule has 2 aromatic rings. The maximum absolute atomic E-state index is 12.3. The fourth-order valence-electron chi connectivity index (χ4n) is 3.45. The number of aryl methyl sites for hydroxylation is 1. The molecular formula is C23H26N2O6S. The summed E-state index contributed by atoms with van der Waals surface area (Å²) in [7, 11) is 0. The Bertz CT molecular complexity index is 1010. The second-order valence-electron chi connectivity index (χ2n) is 7.43. The summed E-state index contributed by atoms with van der Waals surface area (Å²) in [5.74, 6) is -1.31. The molecule has 9 heteroatoms. The maximum Gasteiger partial charge on any atom is 0.306 e. The zero-order valence-electron chi connectivity index (χ0n) is 17.9. The van der Waals surface area contributed by atoms with Crippen molar-refractivity contribution < 1.29 is 28.7 Å². The first-order valence-electron chi connectivity index (χ1n) is 10.5. The van der Waals surface area contributed by atoms with E-state index in [1.807, 2.05) is 6.92 Å². The highest BCUT2D eigenvalue weighted by Gasteiger charge is 2.26. The SMILES string of the molecule is CCCOc1ccc(C(=O)CCC(=O)OCC(=O)Nc2sc3c(c2C(N)=O)CCC3)cc1. The molecule has 2 amide bonds. The Hall–Kier alpha value is -3.20. The van der Waals surface area contributed by atoms with Crippen molar-refractivity contribution in [2.45, 2.75) is 45.4 Å². The molecule has 1 aromatic heterocycles. The van der Waals surface area contributed by atoms with Crippen molar-refractivity contribution in [3.05, 3.63) is 45.8 Å². The van der Waals surface area contributed by atoms with Crippen molar-refractivity contribution in [2.24, 2.45) is 5.73 Å². The number of carbonyl (C=O) groups excluding carboxylic acids is 4. The van der Waals surface area contributed by atoms with Gasteiger partial charge in [0.25, 0.3) is 11.8 Å². The minimum Gasteiger partial charge on any atom is -0.494 e. The molecule has 0 saturated heterocycles. The fourth-order valence-corrected chi connectivity index (χ4v) is 4.76. The minimum absolute atomic E-state index is 0.0287. The predicted molar refractivity (Wildman–Crippen MR) is 120 cm³/mol. The lowest BCUT2D eigenvalue weighted by atomic mass is 10.1. The molecule has 0 atom stereocenters. The average Bonchev–Trinajstić information content (AvgIpc) is 3.35. The van der Waals surface area contributed by atoms with E-state index >= 15 is 0 Å². The number of ether oxygens (including phenoxy) is 2. The molecule has 3 rings (SSSR count). The number of hydrogen-bond donors (Lipinski definition) is 2. The van der Waals surface area contributed by atoms with Crippen LogP contribution in [-0.2, 0) is 27.2 Å². The quantitative estimate of drug-likeness (QED) is 0.393. The summed E-state index contributed by atoms with van der Waals surface area (Å²) < 4.78 is 10.4. The van der Waals surface area contributed by atoms with Crippen molar-refractivity contribution in [1.29, 1.82) is 0 Å². The van der Waals surface area contributed by atoms with Crippen LogP contribution in [-0.4, -0.2) is 36.8 Å². The molecule has 0 aliphatic heterocycles. The van der Waals surface area contributed by atoms with Crippen LogP contribution in [0.3, 0.4) is 0 Å². The van der Waals surface area contributed by atoms with Crippen LogP contribution in [0.5, 0.6) is 5.75 Å². The normalized spacial score (nSPS) is 12.2. The zero-order valence-corrected chi connectivity index (χ0v) is 18.7. The molecule has 0 radical (unpaired) electrons. The van der Waals surface area contributed by atoms with Crippen LogP contribution in [0.25, 0.3) is 0 Å². The van der Waals surface area contributed by atoms with Gasteiger partial charge in [0.05, 0.1) is 18.6 Å². The van der Waals surface area contributed by atoms with Gasteiger partial charge in [-0.1, -0.05) is 6.92 Å². The molecular weight excluding hydrogens is 432 g/mol. The van der Waals surface area contributed by atoms with Crippen LogP contribution in [0.2, 0.25) is 0 Å². The molecule has 0 saturated carbocycles. The number of Topliss-reactive ketones (excluding diaryl/α,β-unsaturated/α-hetero) is 1. The van der Waals surface area contributed by atoms with Gasteiger partial charge in [0, 0.05) is 16.9 Å². The van der Waals surface area contributed by atoms with Crippen LogP contribution in [0.1, 0.15) is 63.8 Å². The van der Waals surface area contributed by atoms with Gasteiger partial charge in [0.15, 0.2) is 12.4 Å². The van der Waals surface area contributed by atoms with Crippen LogP contribution < -0.4 is 15.8 Å².